The van der Waals surface area contributed by atoms with Crippen LogP contribution < -0.4 is 4.74 Å². The van der Waals surface area contributed by atoms with E-state index in [4.69, 9.17) is 9.47 Å². The summed E-state index contributed by atoms with van der Waals surface area (Å²) in [6.45, 7) is 6.11. The summed E-state index contributed by atoms with van der Waals surface area (Å²) in [4.78, 5) is 27.5. The van der Waals surface area contributed by atoms with Gasteiger partial charge >= 0.3 is 11.9 Å². The summed E-state index contributed by atoms with van der Waals surface area (Å²) in [5.41, 5.74) is 2.44. The highest BCUT2D eigenvalue weighted by molar-refractivity contribution is 5.89. The maximum absolute atomic E-state index is 11.7. The molecule has 0 bridgehead atoms. The number of nitrogens with zero attached hydrogens (tertiary/aromatic N) is 1. The highest BCUT2D eigenvalue weighted by atomic mass is 16.5. The van der Waals surface area contributed by atoms with Crippen molar-refractivity contribution in [1.29, 1.82) is 0 Å². The van der Waals surface area contributed by atoms with Crippen LogP contribution in [0.1, 0.15) is 54.4 Å². The van der Waals surface area contributed by atoms with Gasteiger partial charge in [-0.05, 0) is 43.2 Å². The Morgan fingerprint density at radius 3 is 2.77 bits per heavy atom. The number of carbonyl (C=O) groups is 2. The lowest BCUT2D eigenvalue weighted by atomic mass is 9.79. The average molecular weight is 349 g/mol. The third-order valence-electron chi connectivity index (χ3n) is 4.13. The molecule has 5 nitrogen and oxygen atoms in total. The van der Waals surface area contributed by atoms with Gasteiger partial charge in [-0.1, -0.05) is 19.8 Å². The van der Waals surface area contributed by atoms with Crippen LogP contribution in [0.4, 0.5) is 0 Å². The molecule has 0 N–H and O–H groups in total. The first-order valence-electron chi connectivity index (χ1n) is 8.39. The molecule has 2 heterocycles. The third kappa shape index (κ3) is 3.75. The monoisotopic (exact) mass is 349 g/mol. The molecule has 0 spiro atoms. The lowest BCUT2D eigenvalue weighted by Gasteiger charge is -2.30. The fraction of sp³-hybridized carbons (Fsp3) is 0.286. The van der Waals surface area contributed by atoms with Crippen LogP contribution in [-0.4, -0.2) is 23.5 Å². The van der Waals surface area contributed by atoms with Gasteiger partial charge in [0.25, 0.3) is 0 Å². The molecule has 0 saturated heterocycles. The van der Waals surface area contributed by atoms with E-state index in [-0.39, 0.29) is 11.4 Å². The van der Waals surface area contributed by atoms with E-state index in [1.165, 1.54) is 6.20 Å². The first kappa shape index (κ1) is 17.7. The lowest BCUT2D eigenvalue weighted by molar-refractivity contribution is -0.136. The number of pyridine rings is 1. The first-order valence-corrected chi connectivity index (χ1v) is 8.39. The van der Waals surface area contributed by atoms with Gasteiger partial charge in [0.15, 0.2) is 0 Å². The van der Waals surface area contributed by atoms with Crippen molar-refractivity contribution < 1.29 is 19.1 Å². The zero-order valence-corrected chi connectivity index (χ0v) is 15.0. The average Bonchev–Trinajstić information content (AvgIpc) is 2.60. The highest BCUT2D eigenvalue weighted by Crippen LogP contribution is 2.39. The molecule has 3 rings (SSSR count). The fourth-order valence-corrected chi connectivity index (χ4v) is 2.78. The number of benzene rings is 1. The topological polar surface area (TPSA) is 65.5 Å². The van der Waals surface area contributed by atoms with Gasteiger partial charge in [-0.3, -0.25) is 4.79 Å². The number of ether oxygens (including phenoxy) is 2. The third-order valence-corrected chi connectivity index (χ3v) is 4.13. The van der Waals surface area contributed by atoms with Gasteiger partial charge in [0.05, 0.1) is 18.6 Å². The van der Waals surface area contributed by atoms with Gasteiger partial charge in [0.2, 0.25) is 0 Å². The molecule has 0 aliphatic carbocycles. The Morgan fingerprint density at radius 2 is 2.08 bits per heavy atom. The van der Waals surface area contributed by atoms with Crippen LogP contribution in [0, 0.1) is 11.8 Å². The molecule has 0 atom stereocenters. The number of esters is 2. The van der Waals surface area contributed by atoms with Crippen LogP contribution >= 0.6 is 0 Å². The molecule has 132 valence electrons. The van der Waals surface area contributed by atoms with Crippen molar-refractivity contribution in [2.75, 3.05) is 6.61 Å². The second kappa shape index (κ2) is 7.01. The molecule has 0 unspecified atom stereocenters. The summed E-state index contributed by atoms with van der Waals surface area (Å²) in [7, 11) is 0. The van der Waals surface area contributed by atoms with Crippen molar-refractivity contribution in [3.05, 3.63) is 58.9 Å². The number of aromatic nitrogens is 1. The number of hydrogen-bond donors (Lipinski definition) is 0. The molecule has 26 heavy (non-hydrogen) atoms. The number of hydrogen-bond acceptors (Lipinski definition) is 5. The van der Waals surface area contributed by atoms with E-state index in [9.17, 15) is 9.59 Å². The van der Waals surface area contributed by atoms with Crippen molar-refractivity contribution in [2.45, 2.75) is 32.6 Å². The molecule has 0 fully saturated rings. The van der Waals surface area contributed by atoms with E-state index >= 15 is 0 Å². The minimum Gasteiger partial charge on any atom is -0.462 e. The molecule has 5 heteroatoms. The summed E-state index contributed by atoms with van der Waals surface area (Å²) in [6.07, 6.45) is 1.80. The maximum atomic E-state index is 11.7. The maximum Gasteiger partial charge on any atom is 0.339 e. The van der Waals surface area contributed by atoms with E-state index in [1.807, 2.05) is 26.0 Å². The van der Waals surface area contributed by atoms with Gasteiger partial charge < -0.3 is 9.47 Å². The fourth-order valence-electron chi connectivity index (χ4n) is 2.78. The smallest absolute Gasteiger partial charge is 0.339 e. The van der Waals surface area contributed by atoms with E-state index in [0.717, 1.165) is 11.1 Å². The SMILES string of the molecule is CCOC(=O)c1ccc(C#Cc2ccc3c(c2)C(C)(C)CC(=O)O3)nc1. The van der Waals surface area contributed by atoms with Gasteiger partial charge in [0.1, 0.15) is 11.4 Å². The Labute approximate surface area is 152 Å². The molecule has 1 aliphatic heterocycles. The van der Waals surface area contributed by atoms with Crippen LogP contribution in [0.25, 0.3) is 0 Å². The van der Waals surface area contributed by atoms with Crippen molar-refractivity contribution >= 4 is 11.9 Å². The zero-order chi connectivity index (χ0) is 18.7. The van der Waals surface area contributed by atoms with E-state index < -0.39 is 5.97 Å². The van der Waals surface area contributed by atoms with E-state index in [0.29, 0.717) is 30.0 Å². The first-order chi connectivity index (χ1) is 12.4. The lowest BCUT2D eigenvalue weighted by Crippen LogP contribution is -2.30. The van der Waals surface area contributed by atoms with Gasteiger partial charge in [0, 0.05) is 22.7 Å². The molecule has 1 aromatic carbocycles. The van der Waals surface area contributed by atoms with Crippen LogP contribution in [0.2, 0.25) is 0 Å². The molecule has 0 amide bonds. The Hall–Kier alpha value is -3.13. The second-order valence-corrected chi connectivity index (χ2v) is 6.65. The normalized spacial score (nSPS) is 14.5. The van der Waals surface area contributed by atoms with Crippen LogP contribution in [0.15, 0.2) is 36.5 Å². The van der Waals surface area contributed by atoms with Crippen LogP contribution in [-0.2, 0) is 14.9 Å². The van der Waals surface area contributed by atoms with Crippen LogP contribution in [0.3, 0.4) is 0 Å². The Kier molecular flexibility index (Phi) is 4.77. The molecular formula is C21H19NO4. The predicted octanol–water partition coefficient (Wildman–Crippen LogP) is 3.24. The largest absolute Gasteiger partial charge is 0.462 e. The van der Waals surface area contributed by atoms with Crippen molar-refractivity contribution in [3.8, 4) is 17.6 Å². The zero-order valence-electron chi connectivity index (χ0n) is 15.0. The van der Waals surface area contributed by atoms with Crippen molar-refractivity contribution in [2.24, 2.45) is 0 Å². The Bertz CT molecular complexity index is 917. The predicted molar refractivity (Wildman–Crippen MR) is 95.9 cm³/mol. The summed E-state index contributed by atoms with van der Waals surface area (Å²) < 4.78 is 10.2. The minimum atomic E-state index is -0.397. The van der Waals surface area contributed by atoms with Crippen molar-refractivity contribution in [3.63, 3.8) is 0 Å². The number of rotatable bonds is 2. The quantitative estimate of drug-likeness (QED) is 0.473. The summed E-state index contributed by atoms with van der Waals surface area (Å²) in [5.74, 6) is 6.02. The molecule has 2 aromatic rings. The van der Waals surface area contributed by atoms with Gasteiger partial charge in [-0.2, -0.15) is 0 Å². The summed E-state index contributed by atoms with van der Waals surface area (Å²) in [6, 6.07) is 8.86. The molecular weight excluding hydrogens is 330 g/mol. The molecule has 0 saturated carbocycles. The number of carbonyl (C=O) groups excluding carboxylic acids is 2. The molecule has 1 aromatic heterocycles. The molecule has 0 radical (unpaired) electrons. The van der Waals surface area contributed by atoms with Gasteiger partial charge in [-0.25, -0.2) is 9.78 Å². The summed E-state index contributed by atoms with van der Waals surface area (Å²) in [5, 5.41) is 0. The van der Waals surface area contributed by atoms with E-state index in [1.54, 1.807) is 25.1 Å². The molecule has 1 aliphatic rings. The van der Waals surface area contributed by atoms with E-state index in [2.05, 4.69) is 16.8 Å². The Balaban J connectivity index is 1.83. The highest BCUT2D eigenvalue weighted by Gasteiger charge is 2.33. The second-order valence-electron chi connectivity index (χ2n) is 6.65. The summed E-state index contributed by atoms with van der Waals surface area (Å²) >= 11 is 0. The van der Waals surface area contributed by atoms with Crippen molar-refractivity contribution in [1.82, 2.24) is 4.98 Å². The number of fused-ring (bicyclic) bond motifs is 1. The van der Waals surface area contributed by atoms with Gasteiger partial charge in [-0.15, -0.1) is 0 Å². The Morgan fingerprint density at radius 1 is 1.27 bits per heavy atom. The standard InChI is InChI=1S/C21H19NO4/c1-4-25-20(24)15-7-9-16(22-13-15)8-5-14-6-10-18-17(11-14)21(2,3)12-19(23)26-18/h6-7,9-11,13H,4,12H2,1-3H3. The minimum absolute atomic E-state index is 0.216. The van der Waals surface area contributed by atoms with Crippen LogP contribution in [0.5, 0.6) is 5.75 Å².